The van der Waals surface area contributed by atoms with Crippen LogP contribution in [0.3, 0.4) is 0 Å². The van der Waals surface area contributed by atoms with Crippen molar-refractivity contribution in [1.82, 2.24) is 0 Å². The molecule has 0 amide bonds. The highest BCUT2D eigenvalue weighted by atomic mass is 35.5. The minimum atomic E-state index is 0.517. The third-order valence-corrected chi connectivity index (χ3v) is 2.39. The van der Waals surface area contributed by atoms with Gasteiger partial charge in [-0.3, -0.25) is 0 Å². The van der Waals surface area contributed by atoms with Gasteiger partial charge in [0.2, 0.25) is 0 Å². The summed E-state index contributed by atoms with van der Waals surface area (Å²) in [5, 5.41) is 0.651. The first-order chi connectivity index (χ1) is 5.61. The van der Waals surface area contributed by atoms with Gasteiger partial charge in [-0.25, -0.2) is 4.99 Å². The van der Waals surface area contributed by atoms with Crippen LogP contribution in [0.15, 0.2) is 15.7 Å². The predicted octanol–water partition coefficient (Wildman–Crippen LogP) is 3.98. The maximum absolute atomic E-state index is 5.91. The maximum atomic E-state index is 5.91. The number of hydrogen-bond acceptors (Lipinski definition) is 1. The molecule has 0 saturated carbocycles. The van der Waals surface area contributed by atoms with Crippen LogP contribution in [-0.2, 0) is 0 Å². The summed E-state index contributed by atoms with van der Waals surface area (Å²) >= 11 is 5.91. The Morgan fingerprint density at radius 1 is 1.50 bits per heavy atom. The summed E-state index contributed by atoms with van der Waals surface area (Å²) < 4.78 is 0. The van der Waals surface area contributed by atoms with Gasteiger partial charge in [-0.05, 0) is 31.3 Å². The van der Waals surface area contributed by atoms with E-state index in [0.717, 1.165) is 18.4 Å². The van der Waals surface area contributed by atoms with Crippen molar-refractivity contribution in [1.29, 1.82) is 0 Å². The molecule has 12 heavy (non-hydrogen) atoms. The van der Waals surface area contributed by atoms with E-state index in [9.17, 15) is 0 Å². The standard InChI is InChI=1S/C10H18ClN/c1-5-8(3)7-12-10(11)9(4)6-2/h7-8H,5-6H2,1-4H3/b10-9+,12-7-. The van der Waals surface area contributed by atoms with Crippen LogP contribution in [0, 0.1) is 5.92 Å². The molecule has 0 radical (unpaired) electrons. The minimum absolute atomic E-state index is 0.517. The lowest BCUT2D eigenvalue weighted by Gasteiger charge is -2.00. The van der Waals surface area contributed by atoms with Crippen LogP contribution in [0.1, 0.15) is 40.5 Å². The third-order valence-electron chi connectivity index (χ3n) is 1.97. The molecule has 1 unspecified atom stereocenters. The Hall–Kier alpha value is -0.300. The average molecular weight is 188 g/mol. The highest BCUT2D eigenvalue weighted by Crippen LogP contribution is 2.13. The Bertz CT molecular complexity index is 182. The molecule has 0 aromatic carbocycles. The quantitative estimate of drug-likeness (QED) is 0.466. The summed E-state index contributed by atoms with van der Waals surface area (Å²) in [6.45, 7) is 8.36. The monoisotopic (exact) mass is 187 g/mol. The zero-order valence-electron chi connectivity index (χ0n) is 8.39. The molecule has 0 aliphatic heterocycles. The van der Waals surface area contributed by atoms with Gasteiger partial charge in [0.25, 0.3) is 0 Å². The Morgan fingerprint density at radius 3 is 2.50 bits per heavy atom. The van der Waals surface area contributed by atoms with Gasteiger partial charge >= 0.3 is 0 Å². The van der Waals surface area contributed by atoms with Gasteiger partial charge < -0.3 is 0 Å². The maximum Gasteiger partial charge on any atom is 0.127 e. The molecule has 0 aromatic rings. The van der Waals surface area contributed by atoms with Gasteiger partial charge in [-0.2, -0.15) is 0 Å². The van der Waals surface area contributed by atoms with Crippen LogP contribution >= 0.6 is 11.6 Å². The van der Waals surface area contributed by atoms with Crippen molar-refractivity contribution in [3.63, 3.8) is 0 Å². The van der Waals surface area contributed by atoms with Crippen LogP contribution in [-0.4, -0.2) is 6.21 Å². The normalized spacial score (nSPS) is 16.4. The Kier molecular flexibility index (Phi) is 6.09. The summed E-state index contributed by atoms with van der Waals surface area (Å²) in [5.74, 6) is 0.517. The molecule has 0 N–H and O–H groups in total. The smallest absolute Gasteiger partial charge is 0.127 e. The molecule has 70 valence electrons. The van der Waals surface area contributed by atoms with Crippen molar-refractivity contribution in [2.45, 2.75) is 40.5 Å². The first-order valence-corrected chi connectivity index (χ1v) is 4.89. The van der Waals surface area contributed by atoms with Crippen LogP contribution in [0.5, 0.6) is 0 Å². The molecule has 0 aromatic heterocycles. The van der Waals surface area contributed by atoms with Gasteiger partial charge in [-0.1, -0.05) is 32.4 Å². The first-order valence-electron chi connectivity index (χ1n) is 4.51. The fourth-order valence-corrected chi connectivity index (χ4v) is 0.744. The van der Waals surface area contributed by atoms with Gasteiger partial charge in [0.05, 0.1) is 0 Å². The number of nitrogens with zero attached hydrogens (tertiary/aromatic N) is 1. The van der Waals surface area contributed by atoms with Crippen molar-refractivity contribution >= 4 is 17.8 Å². The van der Waals surface area contributed by atoms with E-state index >= 15 is 0 Å². The topological polar surface area (TPSA) is 12.4 Å². The van der Waals surface area contributed by atoms with Crippen molar-refractivity contribution in [2.24, 2.45) is 10.9 Å². The van der Waals surface area contributed by atoms with E-state index in [1.807, 2.05) is 13.1 Å². The molecule has 0 aliphatic rings. The molecule has 0 aliphatic carbocycles. The molecule has 0 fully saturated rings. The van der Waals surface area contributed by atoms with E-state index in [1.54, 1.807) is 0 Å². The van der Waals surface area contributed by atoms with E-state index in [2.05, 4.69) is 25.8 Å². The fourth-order valence-electron chi connectivity index (χ4n) is 0.554. The molecule has 0 bridgehead atoms. The van der Waals surface area contributed by atoms with E-state index in [4.69, 9.17) is 11.6 Å². The van der Waals surface area contributed by atoms with Crippen molar-refractivity contribution < 1.29 is 0 Å². The third kappa shape index (κ3) is 4.55. The van der Waals surface area contributed by atoms with Crippen molar-refractivity contribution in [2.75, 3.05) is 0 Å². The Labute approximate surface area is 80.5 Å². The zero-order valence-corrected chi connectivity index (χ0v) is 9.15. The summed E-state index contributed by atoms with van der Waals surface area (Å²) in [6, 6.07) is 0. The predicted molar refractivity (Wildman–Crippen MR) is 56.8 cm³/mol. The summed E-state index contributed by atoms with van der Waals surface area (Å²) in [7, 11) is 0. The number of aliphatic imine (C=N–C) groups is 1. The lowest BCUT2D eigenvalue weighted by molar-refractivity contribution is 0.754. The number of rotatable bonds is 4. The number of allylic oxidation sites excluding steroid dienone is 1. The number of hydrogen-bond donors (Lipinski definition) is 0. The van der Waals surface area contributed by atoms with Gasteiger partial charge in [0, 0.05) is 6.21 Å². The lowest BCUT2D eigenvalue weighted by atomic mass is 10.1. The van der Waals surface area contributed by atoms with E-state index in [0.29, 0.717) is 11.1 Å². The van der Waals surface area contributed by atoms with E-state index in [-0.39, 0.29) is 0 Å². The van der Waals surface area contributed by atoms with Gasteiger partial charge in [0.1, 0.15) is 5.16 Å². The molecular weight excluding hydrogens is 170 g/mol. The molecule has 0 heterocycles. The highest BCUT2D eigenvalue weighted by molar-refractivity contribution is 6.30. The van der Waals surface area contributed by atoms with E-state index < -0.39 is 0 Å². The second-order valence-electron chi connectivity index (χ2n) is 3.09. The molecule has 0 saturated heterocycles. The summed E-state index contributed by atoms with van der Waals surface area (Å²) in [6.07, 6.45) is 4.00. The average Bonchev–Trinajstić information content (AvgIpc) is 2.11. The van der Waals surface area contributed by atoms with Crippen LogP contribution in [0.4, 0.5) is 0 Å². The molecule has 1 atom stereocenters. The zero-order chi connectivity index (χ0) is 9.56. The van der Waals surface area contributed by atoms with Crippen LogP contribution in [0.25, 0.3) is 0 Å². The van der Waals surface area contributed by atoms with Crippen molar-refractivity contribution in [3.8, 4) is 0 Å². The molecule has 1 nitrogen and oxygen atoms in total. The molecule has 0 rings (SSSR count). The fraction of sp³-hybridized carbons (Fsp3) is 0.700. The van der Waals surface area contributed by atoms with Crippen LogP contribution < -0.4 is 0 Å². The van der Waals surface area contributed by atoms with Gasteiger partial charge in [0.15, 0.2) is 0 Å². The first kappa shape index (κ1) is 11.7. The lowest BCUT2D eigenvalue weighted by Crippen LogP contribution is -1.92. The highest BCUT2D eigenvalue weighted by Gasteiger charge is 1.95. The minimum Gasteiger partial charge on any atom is -0.249 e. The van der Waals surface area contributed by atoms with Crippen LogP contribution in [0.2, 0.25) is 0 Å². The summed E-state index contributed by atoms with van der Waals surface area (Å²) in [5.41, 5.74) is 1.15. The Balaban J connectivity index is 4.15. The number of halogens is 1. The Morgan fingerprint density at radius 2 is 2.08 bits per heavy atom. The van der Waals surface area contributed by atoms with E-state index in [1.165, 1.54) is 0 Å². The SMILES string of the molecule is CC/C(C)=C(Cl)/N=C\C(C)CC. The second-order valence-corrected chi connectivity index (χ2v) is 3.45. The van der Waals surface area contributed by atoms with Gasteiger partial charge in [-0.15, -0.1) is 0 Å². The second kappa shape index (κ2) is 6.24. The molecule has 2 heteroatoms. The largest absolute Gasteiger partial charge is 0.249 e. The summed E-state index contributed by atoms with van der Waals surface area (Å²) in [4.78, 5) is 4.19. The molecular formula is C10H18ClN. The molecule has 0 spiro atoms. The van der Waals surface area contributed by atoms with Crippen molar-refractivity contribution in [3.05, 3.63) is 10.7 Å².